The maximum atomic E-state index is 7.36. The summed E-state index contributed by atoms with van der Waals surface area (Å²) in [6.45, 7) is 14.8. The van der Waals surface area contributed by atoms with Crippen molar-refractivity contribution < 1.29 is 0 Å². The molecule has 2 aliphatic rings. The van der Waals surface area contributed by atoms with Crippen LogP contribution in [0.5, 0.6) is 0 Å². The van der Waals surface area contributed by atoms with Crippen molar-refractivity contribution in [3.8, 4) is 0 Å². The van der Waals surface area contributed by atoms with Crippen molar-refractivity contribution in [3.05, 3.63) is 89.5 Å². The van der Waals surface area contributed by atoms with Crippen molar-refractivity contribution in [2.24, 2.45) is 0 Å². The first-order valence-electron chi connectivity index (χ1n) is 17.8. The number of hydrogen-bond donors (Lipinski definition) is 4. The Morgan fingerprint density at radius 1 is 0.872 bits per heavy atom. The Balaban J connectivity index is 1.09. The molecule has 248 valence electrons. The summed E-state index contributed by atoms with van der Waals surface area (Å²) in [6.07, 6.45) is 13.4. The van der Waals surface area contributed by atoms with Gasteiger partial charge in [0.1, 0.15) is 5.69 Å². The standard InChI is InChI=1S/C38H51N9/c1-39-32-15-13-30(14-16-32)27-46(36-25-31-9-5-6-12-37(31)38(26-36)43-34-17-22-41-23-18-34)28-35-29-47(45-44-35)24-8-20-40-19-7-21-42-33-10-3-2-4-11-33/h5-6,9,12-16,25-26,29,33-34,40-43H,2-4,7-8,10-11,17-24,27-28H2. The van der Waals surface area contributed by atoms with E-state index in [2.05, 4.69) is 96.1 Å². The number of fused-ring (bicyclic) bond motifs is 1. The molecule has 2 heterocycles. The molecule has 1 saturated carbocycles. The summed E-state index contributed by atoms with van der Waals surface area (Å²) in [5, 5.41) is 26.2. The molecule has 9 heteroatoms. The van der Waals surface area contributed by atoms with E-state index in [0.717, 1.165) is 81.5 Å². The van der Waals surface area contributed by atoms with Gasteiger partial charge in [-0.2, -0.15) is 0 Å². The summed E-state index contributed by atoms with van der Waals surface area (Å²) in [6, 6.07) is 22.4. The lowest BCUT2D eigenvalue weighted by Gasteiger charge is -2.28. The van der Waals surface area contributed by atoms with E-state index < -0.39 is 0 Å². The van der Waals surface area contributed by atoms with Crippen LogP contribution < -0.4 is 26.2 Å². The first kappa shape index (κ1) is 33.0. The van der Waals surface area contributed by atoms with Gasteiger partial charge in [-0.3, -0.25) is 4.68 Å². The van der Waals surface area contributed by atoms with E-state index in [1.807, 2.05) is 16.8 Å². The van der Waals surface area contributed by atoms with Gasteiger partial charge in [-0.25, -0.2) is 4.85 Å². The minimum absolute atomic E-state index is 0.456. The van der Waals surface area contributed by atoms with E-state index in [1.165, 1.54) is 55.0 Å². The average Bonchev–Trinajstić information content (AvgIpc) is 3.57. The van der Waals surface area contributed by atoms with Crippen LogP contribution >= 0.6 is 0 Å². The fraction of sp³-hybridized carbons (Fsp3) is 0.500. The largest absolute Gasteiger partial charge is 0.382 e. The van der Waals surface area contributed by atoms with Crippen LogP contribution in [0.4, 0.5) is 17.1 Å². The van der Waals surface area contributed by atoms with Crippen LogP contribution in [-0.2, 0) is 19.6 Å². The second kappa shape index (κ2) is 17.3. The number of hydrogen-bond acceptors (Lipinski definition) is 7. The lowest BCUT2D eigenvalue weighted by Crippen LogP contribution is -2.35. The zero-order chi connectivity index (χ0) is 32.1. The van der Waals surface area contributed by atoms with Gasteiger partial charge in [-0.15, -0.1) is 5.10 Å². The minimum atomic E-state index is 0.456. The summed E-state index contributed by atoms with van der Waals surface area (Å²) < 4.78 is 1.98. The second-order valence-electron chi connectivity index (χ2n) is 13.2. The number of aryl methyl sites for hydroxylation is 1. The van der Waals surface area contributed by atoms with Gasteiger partial charge in [-0.05, 0) is 94.3 Å². The quantitative estimate of drug-likeness (QED) is 0.0813. The molecule has 4 N–H and O–H groups in total. The Morgan fingerprint density at radius 2 is 1.68 bits per heavy atom. The zero-order valence-corrected chi connectivity index (χ0v) is 27.8. The van der Waals surface area contributed by atoms with E-state index in [1.54, 1.807) is 0 Å². The van der Waals surface area contributed by atoms with Gasteiger partial charge in [0, 0.05) is 41.9 Å². The highest BCUT2D eigenvalue weighted by Crippen LogP contribution is 2.33. The van der Waals surface area contributed by atoms with E-state index in [4.69, 9.17) is 6.57 Å². The molecular weight excluding hydrogens is 582 g/mol. The number of anilines is 2. The third kappa shape index (κ3) is 9.77. The molecule has 2 fully saturated rings. The lowest BCUT2D eigenvalue weighted by molar-refractivity contribution is 0.371. The summed E-state index contributed by atoms with van der Waals surface area (Å²) >= 11 is 0. The van der Waals surface area contributed by atoms with Gasteiger partial charge < -0.3 is 26.2 Å². The van der Waals surface area contributed by atoms with Gasteiger partial charge in [0.2, 0.25) is 0 Å². The molecule has 0 atom stereocenters. The highest BCUT2D eigenvalue weighted by Gasteiger charge is 2.18. The second-order valence-corrected chi connectivity index (χ2v) is 13.2. The summed E-state index contributed by atoms with van der Waals surface area (Å²) in [5.74, 6) is 0. The van der Waals surface area contributed by atoms with Crippen LogP contribution in [0, 0.1) is 6.57 Å². The predicted octanol–water partition coefficient (Wildman–Crippen LogP) is 6.64. The van der Waals surface area contributed by atoms with Crippen molar-refractivity contribution in [2.45, 2.75) is 89.5 Å². The van der Waals surface area contributed by atoms with Crippen molar-refractivity contribution in [1.82, 2.24) is 30.9 Å². The Morgan fingerprint density at radius 3 is 2.51 bits per heavy atom. The van der Waals surface area contributed by atoms with E-state index in [0.29, 0.717) is 24.8 Å². The van der Waals surface area contributed by atoms with Crippen molar-refractivity contribution >= 4 is 27.8 Å². The van der Waals surface area contributed by atoms with Crippen LogP contribution in [0.2, 0.25) is 0 Å². The highest BCUT2D eigenvalue weighted by molar-refractivity contribution is 5.97. The molecule has 47 heavy (non-hydrogen) atoms. The number of nitrogens with one attached hydrogen (secondary N) is 4. The fourth-order valence-corrected chi connectivity index (χ4v) is 6.95. The van der Waals surface area contributed by atoms with Crippen molar-refractivity contribution in [2.75, 3.05) is 42.9 Å². The number of nitrogens with zero attached hydrogens (tertiary/aromatic N) is 5. The van der Waals surface area contributed by atoms with Crippen LogP contribution in [-0.4, -0.2) is 59.8 Å². The van der Waals surface area contributed by atoms with Crippen LogP contribution in [0.3, 0.4) is 0 Å². The third-order valence-electron chi connectivity index (χ3n) is 9.60. The van der Waals surface area contributed by atoms with Gasteiger partial charge in [-0.1, -0.05) is 73.0 Å². The molecule has 9 nitrogen and oxygen atoms in total. The average molecular weight is 634 g/mol. The Hall–Kier alpha value is -3.97. The molecule has 0 radical (unpaired) electrons. The molecular formula is C38H51N9. The molecule has 1 saturated heterocycles. The van der Waals surface area contributed by atoms with Crippen LogP contribution in [0.15, 0.2) is 66.9 Å². The molecule has 4 aromatic rings. The molecule has 0 amide bonds. The number of aromatic nitrogens is 3. The predicted molar refractivity (Wildman–Crippen MR) is 193 cm³/mol. The van der Waals surface area contributed by atoms with Gasteiger partial charge >= 0.3 is 0 Å². The first-order chi connectivity index (χ1) is 23.2. The summed E-state index contributed by atoms with van der Waals surface area (Å²) in [7, 11) is 0. The number of rotatable bonds is 16. The van der Waals surface area contributed by atoms with E-state index in [-0.39, 0.29) is 0 Å². The van der Waals surface area contributed by atoms with Crippen LogP contribution in [0.1, 0.15) is 69.0 Å². The monoisotopic (exact) mass is 633 g/mol. The molecule has 6 rings (SSSR count). The van der Waals surface area contributed by atoms with Crippen molar-refractivity contribution in [1.29, 1.82) is 0 Å². The summed E-state index contributed by atoms with van der Waals surface area (Å²) in [4.78, 5) is 5.96. The van der Waals surface area contributed by atoms with Crippen molar-refractivity contribution in [3.63, 3.8) is 0 Å². The molecule has 1 aliphatic heterocycles. The Kier molecular flexibility index (Phi) is 12.1. The number of piperidine rings is 1. The van der Waals surface area contributed by atoms with E-state index in [9.17, 15) is 0 Å². The molecule has 1 aliphatic carbocycles. The lowest BCUT2D eigenvalue weighted by atomic mass is 9.95. The minimum Gasteiger partial charge on any atom is -0.382 e. The summed E-state index contributed by atoms with van der Waals surface area (Å²) in [5.41, 5.74) is 5.09. The zero-order valence-electron chi connectivity index (χ0n) is 27.8. The molecule has 0 unspecified atom stereocenters. The number of benzene rings is 3. The first-order valence-corrected chi connectivity index (χ1v) is 17.8. The smallest absolute Gasteiger partial charge is 0.187 e. The van der Waals surface area contributed by atoms with E-state index >= 15 is 0 Å². The van der Waals surface area contributed by atoms with Crippen LogP contribution in [0.25, 0.3) is 15.6 Å². The topological polar surface area (TPSA) is 86.4 Å². The fourth-order valence-electron chi connectivity index (χ4n) is 6.95. The molecule has 0 spiro atoms. The Bertz CT molecular complexity index is 1560. The molecule has 0 bridgehead atoms. The SMILES string of the molecule is [C-]#[N+]c1ccc(CN(Cc2cn(CCCNCCCNC3CCCCC3)nn2)c2cc(NC3CCNCC3)c3ccccc3c2)cc1. The normalized spacial score (nSPS) is 15.9. The highest BCUT2D eigenvalue weighted by atomic mass is 15.4. The third-order valence-corrected chi connectivity index (χ3v) is 9.60. The van der Waals surface area contributed by atoms with Gasteiger partial charge in [0.05, 0.1) is 19.3 Å². The maximum absolute atomic E-state index is 7.36. The van der Waals surface area contributed by atoms with Gasteiger partial charge in [0.25, 0.3) is 0 Å². The Labute approximate surface area is 280 Å². The molecule has 3 aromatic carbocycles. The maximum Gasteiger partial charge on any atom is 0.187 e. The molecule has 1 aromatic heterocycles. The van der Waals surface area contributed by atoms with Gasteiger partial charge in [0.15, 0.2) is 5.69 Å².